The number of rotatable bonds is 3. The van der Waals surface area contributed by atoms with Crippen molar-refractivity contribution in [3.8, 4) is 11.3 Å². The van der Waals surface area contributed by atoms with E-state index in [1.807, 2.05) is 44.2 Å². The Labute approximate surface area is 177 Å². The number of carbonyl (C=O) groups is 1. The number of benzene rings is 2. The van der Waals surface area contributed by atoms with Crippen molar-refractivity contribution in [2.24, 2.45) is 0 Å². The zero-order valence-corrected chi connectivity index (χ0v) is 17.8. The van der Waals surface area contributed by atoms with Crippen molar-refractivity contribution in [3.05, 3.63) is 71.0 Å². The van der Waals surface area contributed by atoms with Crippen molar-refractivity contribution in [2.45, 2.75) is 20.8 Å². The van der Waals surface area contributed by atoms with E-state index in [2.05, 4.69) is 28.6 Å². The molecule has 0 aliphatic heterocycles. The van der Waals surface area contributed by atoms with E-state index >= 15 is 0 Å². The second-order valence-electron chi connectivity index (χ2n) is 6.86. The summed E-state index contributed by atoms with van der Waals surface area (Å²) in [6.45, 7) is 6.14. The Morgan fingerprint density at radius 2 is 1.86 bits per heavy atom. The lowest BCUT2D eigenvalue weighted by Gasteiger charge is -2.05. The van der Waals surface area contributed by atoms with Gasteiger partial charge in [0.05, 0.1) is 10.2 Å². The van der Waals surface area contributed by atoms with Crippen LogP contribution in [0.5, 0.6) is 0 Å². The zero-order chi connectivity index (χ0) is 20.5. The first-order valence-corrected chi connectivity index (χ1v) is 10.3. The maximum atomic E-state index is 12.5. The molecule has 0 aliphatic carbocycles. The number of anilines is 1. The van der Waals surface area contributed by atoms with Crippen LogP contribution in [0.25, 0.3) is 21.5 Å². The molecule has 0 saturated carbocycles. The van der Waals surface area contributed by atoms with E-state index in [4.69, 9.17) is 16.6 Å². The maximum Gasteiger partial charge on any atom is 0.293 e. The number of thiocarbonyl (C=S) groups is 1. The summed E-state index contributed by atoms with van der Waals surface area (Å²) in [6.07, 6.45) is 0. The number of hydrogen-bond donors (Lipinski definition) is 2. The predicted molar refractivity (Wildman–Crippen MR) is 122 cm³/mol. The summed E-state index contributed by atoms with van der Waals surface area (Å²) in [6, 6.07) is 15.5. The van der Waals surface area contributed by atoms with E-state index < -0.39 is 5.91 Å². The second kappa shape index (κ2) is 7.77. The topological polar surface area (TPSA) is 67.2 Å². The van der Waals surface area contributed by atoms with Gasteiger partial charge in [-0.2, -0.15) is 0 Å². The Hall–Kier alpha value is -3.03. The third-order valence-electron chi connectivity index (χ3n) is 4.61. The quantitative estimate of drug-likeness (QED) is 0.421. The lowest BCUT2D eigenvalue weighted by atomic mass is 10.1. The first-order chi connectivity index (χ1) is 13.9. The lowest BCUT2D eigenvalue weighted by molar-refractivity contribution is 0.0951. The number of nitrogens with one attached hydrogen (secondary N) is 2. The third kappa shape index (κ3) is 4.21. The van der Waals surface area contributed by atoms with Crippen molar-refractivity contribution in [2.75, 3.05) is 5.32 Å². The van der Waals surface area contributed by atoms with Crippen LogP contribution in [0.3, 0.4) is 0 Å². The summed E-state index contributed by atoms with van der Waals surface area (Å²) in [5, 5.41) is 6.42. The van der Waals surface area contributed by atoms with Crippen LogP contribution in [0.15, 0.2) is 52.9 Å². The number of thiazole rings is 1. The number of aryl methyl sites for hydroxylation is 3. The highest BCUT2D eigenvalue weighted by Gasteiger charge is 2.15. The monoisotopic (exact) mass is 421 g/mol. The number of fused-ring (bicyclic) bond motifs is 1. The largest absolute Gasteiger partial charge is 0.451 e. The molecule has 2 aromatic heterocycles. The maximum absolute atomic E-state index is 12.5. The highest BCUT2D eigenvalue weighted by molar-refractivity contribution is 7.80. The molecule has 0 bridgehead atoms. The van der Waals surface area contributed by atoms with Gasteiger partial charge in [0.25, 0.3) is 5.91 Å². The molecule has 146 valence electrons. The lowest BCUT2D eigenvalue weighted by Crippen LogP contribution is -2.33. The van der Waals surface area contributed by atoms with Gasteiger partial charge in [-0.1, -0.05) is 29.5 Å². The van der Waals surface area contributed by atoms with Gasteiger partial charge in [-0.15, -0.1) is 0 Å². The molecule has 7 heteroatoms. The molecule has 5 nitrogen and oxygen atoms in total. The van der Waals surface area contributed by atoms with Crippen LogP contribution in [0.1, 0.15) is 27.2 Å². The average Bonchev–Trinajstić information content (AvgIpc) is 3.30. The fraction of sp³-hybridized carbons (Fsp3) is 0.136. The average molecular weight is 422 g/mol. The van der Waals surface area contributed by atoms with Gasteiger partial charge in [-0.25, -0.2) is 4.98 Å². The fourth-order valence-corrected chi connectivity index (χ4v) is 4.11. The van der Waals surface area contributed by atoms with Crippen LogP contribution >= 0.6 is 23.6 Å². The van der Waals surface area contributed by atoms with Crippen LogP contribution in [0, 0.1) is 20.8 Å². The number of furan rings is 1. The number of carbonyl (C=O) groups excluding carboxylic acids is 1. The molecule has 0 spiro atoms. The predicted octanol–water partition coefficient (Wildman–Crippen LogP) is 5.61. The molecule has 2 N–H and O–H groups in total. The van der Waals surface area contributed by atoms with E-state index in [9.17, 15) is 4.79 Å². The molecule has 0 atom stereocenters. The fourth-order valence-electron chi connectivity index (χ4n) is 2.89. The van der Waals surface area contributed by atoms with Gasteiger partial charge in [-0.05, 0) is 80.0 Å². The highest BCUT2D eigenvalue weighted by atomic mass is 32.1. The van der Waals surface area contributed by atoms with Gasteiger partial charge in [0, 0.05) is 5.56 Å². The molecule has 4 rings (SSSR count). The van der Waals surface area contributed by atoms with Crippen molar-refractivity contribution in [3.63, 3.8) is 0 Å². The minimum absolute atomic E-state index is 0.176. The van der Waals surface area contributed by atoms with Crippen molar-refractivity contribution < 1.29 is 9.21 Å². The Bertz CT molecular complexity index is 1240. The van der Waals surface area contributed by atoms with E-state index in [1.54, 1.807) is 12.1 Å². The SMILES string of the molecule is Cc1ccc2nc(NC(=S)NC(=O)c3ccc(-c4ccc(C)c(C)c4)o3)sc2c1. The molecule has 4 aromatic rings. The van der Waals surface area contributed by atoms with E-state index in [0.29, 0.717) is 10.9 Å². The molecule has 0 aliphatic rings. The Morgan fingerprint density at radius 1 is 1.03 bits per heavy atom. The molecule has 0 fully saturated rings. The highest BCUT2D eigenvalue weighted by Crippen LogP contribution is 2.27. The van der Waals surface area contributed by atoms with Crippen LogP contribution in [0.4, 0.5) is 5.13 Å². The number of nitrogens with zero attached hydrogens (tertiary/aromatic N) is 1. The molecule has 29 heavy (non-hydrogen) atoms. The first-order valence-electron chi connectivity index (χ1n) is 9.06. The van der Waals surface area contributed by atoms with Crippen molar-refractivity contribution in [1.29, 1.82) is 0 Å². The van der Waals surface area contributed by atoms with Crippen molar-refractivity contribution >= 4 is 49.9 Å². The third-order valence-corrected chi connectivity index (χ3v) is 5.75. The van der Waals surface area contributed by atoms with Crippen molar-refractivity contribution in [1.82, 2.24) is 10.3 Å². The minimum atomic E-state index is -0.408. The molecular weight excluding hydrogens is 402 g/mol. The van der Waals surface area contributed by atoms with E-state index in [0.717, 1.165) is 15.8 Å². The summed E-state index contributed by atoms with van der Waals surface area (Å²) >= 11 is 6.74. The summed E-state index contributed by atoms with van der Waals surface area (Å²) in [5.74, 6) is 0.426. The van der Waals surface area contributed by atoms with Crippen LogP contribution in [-0.2, 0) is 0 Å². The first kappa shape index (κ1) is 19.3. The van der Waals surface area contributed by atoms with Crippen LogP contribution in [-0.4, -0.2) is 16.0 Å². The summed E-state index contributed by atoms with van der Waals surface area (Å²) in [5.41, 5.74) is 5.36. The Balaban J connectivity index is 1.44. The van der Waals surface area contributed by atoms with Crippen LogP contribution < -0.4 is 10.6 Å². The molecule has 1 amide bonds. The smallest absolute Gasteiger partial charge is 0.293 e. The van der Waals surface area contributed by atoms with Gasteiger partial charge in [0.2, 0.25) is 0 Å². The molecule has 0 unspecified atom stereocenters. The molecule has 0 radical (unpaired) electrons. The molecule has 2 heterocycles. The minimum Gasteiger partial charge on any atom is -0.451 e. The number of amides is 1. The second-order valence-corrected chi connectivity index (χ2v) is 8.30. The number of hydrogen-bond acceptors (Lipinski definition) is 5. The van der Waals surface area contributed by atoms with Gasteiger partial charge < -0.3 is 9.73 Å². The van der Waals surface area contributed by atoms with Crippen LogP contribution in [0.2, 0.25) is 0 Å². The Kier molecular flexibility index (Phi) is 5.17. The molecule has 0 saturated heterocycles. The van der Waals surface area contributed by atoms with Gasteiger partial charge in [0.15, 0.2) is 16.0 Å². The standard InChI is InChI=1S/C22H19N3O2S2/c1-12-4-7-16-19(10-12)29-22(23-16)25-21(28)24-20(26)18-9-8-17(27-18)15-6-5-13(2)14(3)11-15/h4-11H,1-3H3,(H2,23,24,25,26,28). The van der Waals surface area contributed by atoms with E-state index in [-0.39, 0.29) is 10.9 Å². The van der Waals surface area contributed by atoms with Gasteiger partial charge in [0.1, 0.15) is 5.76 Å². The zero-order valence-electron chi connectivity index (χ0n) is 16.2. The normalized spacial score (nSPS) is 10.9. The summed E-state index contributed by atoms with van der Waals surface area (Å²) in [4.78, 5) is 17.0. The van der Waals surface area contributed by atoms with Gasteiger partial charge in [-0.3, -0.25) is 10.1 Å². The summed E-state index contributed by atoms with van der Waals surface area (Å²) in [7, 11) is 0. The Morgan fingerprint density at radius 3 is 2.66 bits per heavy atom. The van der Waals surface area contributed by atoms with E-state index in [1.165, 1.54) is 28.0 Å². The summed E-state index contributed by atoms with van der Waals surface area (Å²) < 4.78 is 6.79. The molecule has 2 aromatic carbocycles. The molecular formula is C22H19N3O2S2. The number of aromatic nitrogens is 1. The van der Waals surface area contributed by atoms with Gasteiger partial charge >= 0.3 is 0 Å².